The highest BCUT2D eigenvalue weighted by molar-refractivity contribution is 5.77. The molecule has 25 heavy (non-hydrogen) atoms. The summed E-state index contributed by atoms with van der Waals surface area (Å²) in [6.07, 6.45) is 16.3. The second-order valence-electron chi connectivity index (χ2n) is 8.62. The molecule has 138 valence electrons. The Morgan fingerprint density at radius 3 is 2.68 bits per heavy atom. The van der Waals surface area contributed by atoms with Crippen LogP contribution in [-0.4, -0.2) is 46.8 Å². The Kier molecular flexibility index (Phi) is 3.86. The van der Waals surface area contributed by atoms with Gasteiger partial charge in [0.15, 0.2) is 11.4 Å². The smallest absolute Gasteiger partial charge is 0.343 e. The number of hydrogen-bond acceptors (Lipinski definition) is 4. The van der Waals surface area contributed by atoms with Crippen LogP contribution in [-0.2, 0) is 9.47 Å². The Hall–Kier alpha value is -1.07. The Bertz CT molecular complexity index is 596. The first-order chi connectivity index (χ1) is 12.2. The van der Waals surface area contributed by atoms with E-state index in [1.54, 1.807) is 0 Å². The molecule has 5 heterocycles. The SMILES string of the molecule is CC[C@H]1C=CCC[C@@]2(C[C@@H]3CC[C@@H]4C[C@]5(CCCCO5)NC(=[N+]43)N2)O1. The Morgan fingerprint density at radius 1 is 1.12 bits per heavy atom. The van der Waals surface area contributed by atoms with Crippen LogP contribution in [0.25, 0.3) is 0 Å². The van der Waals surface area contributed by atoms with Crippen molar-refractivity contribution < 1.29 is 14.0 Å². The van der Waals surface area contributed by atoms with Gasteiger partial charge in [0, 0.05) is 25.7 Å². The predicted molar refractivity (Wildman–Crippen MR) is 96.4 cm³/mol. The van der Waals surface area contributed by atoms with Crippen LogP contribution in [0.3, 0.4) is 0 Å². The van der Waals surface area contributed by atoms with Gasteiger partial charge in [-0.2, -0.15) is 0 Å². The average molecular weight is 346 g/mol. The summed E-state index contributed by atoms with van der Waals surface area (Å²) in [4.78, 5) is 0. The van der Waals surface area contributed by atoms with E-state index < -0.39 is 0 Å². The maximum absolute atomic E-state index is 6.64. The Labute approximate surface area is 150 Å². The van der Waals surface area contributed by atoms with Crippen molar-refractivity contribution in [2.24, 2.45) is 0 Å². The molecule has 2 spiro atoms. The van der Waals surface area contributed by atoms with Crippen molar-refractivity contribution in [1.29, 1.82) is 0 Å². The maximum atomic E-state index is 6.64. The van der Waals surface area contributed by atoms with Crippen molar-refractivity contribution in [2.45, 2.75) is 101 Å². The van der Waals surface area contributed by atoms with Crippen molar-refractivity contribution in [3.05, 3.63) is 12.2 Å². The zero-order chi connectivity index (χ0) is 16.9. The second-order valence-corrected chi connectivity index (χ2v) is 8.62. The van der Waals surface area contributed by atoms with E-state index in [4.69, 9.17) is 9.47 Å². The van der Waals surface area contributed by atoms with Crippen molar-refractivity contribution in [3.8, 4) is 0 Å². The molecule has 2 saturated heterocycles. The normalized spacial score (nSPS) is 45.9. The van der Waals surface area contributed by atoms with Crippen LogP contribution in [0.2, 0.25) is 0 Å². The van der Waals surface area contributed by atoms with E-state index in [0.29, 0.717) is 12.1 Å². The fraction of sp³-hybridized carbons (Fsp3) is 0.850. The first-order valence-electron chi connectivity index (χ1n) is 10.4. The quantitative estimate of drug-likeness (QED) is 0.566. The molecule has 5 rings (SSSR count). The van der Waals surface area contributed by atoms with Crippen molar-refractivity contribution in [1.82, 2.24) is 10.6 Å². The standard InChI is InChI=1S/C20H31N3O2/c1-2-17-7-3-4-11-20(25-17)14-16-9-8-15-13-19(10-5-6-12-24-19)21-18(22-20)23(15)16/h3,7,15-17H,2,4-6,8-14H2,1H3,(H,21,22)/p+1/t15-,16+,17+,19-,20+/m1/s1. The van der Waals surface area contributed by atoms with Gasteiger partial charge in [0.25, 0.3) is 0 Å². The maximum Gasteiger partial charge on any atom is 0.350 e. The molecule has 0 bridgehead atoms. The zero-order valence-corrected chi connectivity index (χ0v) is 15.4. The molecule has 0 unspecified atom stereocenters. The highest BCUT2D eigenvalue weighted by Gasteiger charge is 2.56. The van der Waals surface area contributed by atoms with E-state index in [1.165, 1.54) is 31.6 Å². The molecule has 5 aliphatic heterocycles. The first-order valence-corrected chi connectivity index (χ1v) is 10.4. The summed E-state index contributed by atoms with van der Waals surface area (Å²) in [5.74, 6) is 1.18. The number of allylic oxidation sites excluding steroid dienone is 1. The Morgan fingerprint density at radius 2 is 1.92 bits per heavy atom. The largest absolute Gasteiger partial charge is 0.350 e. The van der Waals surface area contributed by atoms with Crippen molar-refractivity contribution in [3.63, 3.8) is 0 Å². The lowest BCUT2D eigenvalue weighted by molar-refractivity contribution is -0.602. The van der Waals surface area contributed by atoms with Gasteiger partial charge in [-0.3, -0.25) is 4.58 Å². The van der Waals surface area contributed by atoms with Gasteiger partial charge in [-0.25, -0.2) is 10.6 Å². The topological polar surface area (TPSA) is 45.5 Å². The number of rotatable bonds is 1. The zero-order valence-electron chi connectivity index (χ0n) is 15.4. The number of nitrogens with one attached hydrogen (secondary N) is 2. The summed E-state index contributed by atoms with van der Waals surface area (Å²) in [6.45, 7) is 3.10. The molecule has 0 radical (unpaired) electrons. The second kappa shape index (κ2) is 5.98. The lowest BCUT2D eigenvalue weighted by Gasteiger charge is -2.46. The van der Waals surface area contributed by atoms with E-state index in [9.17, 15) is 0 Å². The van der Waals surface area contributed by atoms with Crippen LogP contribution in [0, 0.1) is 0 Å². The molecule has 0 saturated carbocycles. The van der Waals surface area contributed by atoms with Crippen LogP contribution in [0.1, 0.15) is 71.1 Å². The van der Waals surface area contributed by atoms with Crippen LogP contribution in [0.5, 0.6) is 0 Å². The van der Waals surface area contributed by atoms with Crippen LogP contribution in [0.15, 0.2) is 12.2 Å². The van der Waals surface area contributed by atoms with Gasteiger partial charge < -0.3 is 9.47 Å². The number of guanidine groups is 1. The van der Waals surface area contributed by atoms with E-state index in [1.807, 2.05) is 0 Å². The van der Waals surface area contributed by atoms with Gasteiger partial charge in [-0.15, -0.1) is 0 Å². The van der Waals surface area contributed by atoms with E-state index in [0.717, 1.165) is 45.1 Å². The fourth-order valence-electron chi connectivity index (χ4n) is 5.71. The molecular weight excluding hydrogens is 314 g/mol. The minimum Gasteiger partial charge on any atom is -0.343 e. The highest BCUT2D eigenvalue weighted by atomic mass is 16.5. The Balaban J connectivity index is 1.45. The summed E-state index contributed by atoms with van der Waals surface area (Å²) >= 11 is 0. The molecule has 0 amide bonds. The molecule has 0 aromatic heterocycles. The van der Waals surface area contributed by atoms with E-state index in [-0.39, 0.29) is 17.6 Å². The molecule has 0 aromatic rings. The number of ether oxygens (including phenoxy) is 2. The third-order valence-electron chi connectivity index (χ3n) is 6.90. The van der Waals surface area contributed by atoms with Crippen molar-refractivity contribution in [2.75, 3.05) is 6.61 Å². The number of hydrogen-bond donors (Lipinski definition) is 2. The third kappa shape index (κ3) is 2.71. The predicted octanol–water partition coefficient (Wildman–Crippen LogP) is 2.61. The molecule has 5 nitrogen and oxygen atoms in total. The minimum absolute atomic E-state index is 0.150. The first kappa shape index (κ1) is 16.1. The van der Waals surface area contributed by atoms with Crippen LogP contribution < -0.4 is 10.6 Å². The molecule has 5 heteroatoms. The van der Waals surface area contributed by atoms with Gasteiger partial charge in [-0.1, -0.05) is 19.1 Å². The van der Waals surface area contributed by atoms with Gasteiger partial charge in [0.05, 0.1) is 24.8 Å². The van der Waals surface area contributed by atoms with Crippen molar-refractivity contribution >= 4 is 5.96 Å². The molecule has 5 atom stereocenters. The summed E-state index contributed by atoms with van der Waals surface area (Å²) in [7, 11) is 0. The lowest BCUT2D eigenvalue weighted by Crippen LogP contribution is -2.72. The van der Waals surface area contributed by atoms with Crippen LogP contribution in [0.4, 0.5) is 0 Å². The van der Waals surface area contributed by atoms with Gasteiger partial charge in [-0.05, 0) is 38.5 Å². The molecule has 0 aliphatic carbocycles. The average Bonchev–Trinajstić information content (AvgIpc) is 2.90. The molecule has 5 aliphatic rings. The summed E-state index contributed by atoms with van der Waals surface area (Å²) < 4.78 is 15.6. The van der Waals surface area contributed by atoms with Gasteiger partial charge in [0.2, 0.25) is 0 Å². The number of nitrogens with zero attached hydrogens (tertiary/aromatic N) is 1. The third-order valence-corrected chi connectivity index (χ3v) is 6.90. The van der Waals surface area contributed by atoms with Gasteiger partial charge in [0.1, 0.15) is 0 Å². The lowest BCUT2D eigenvalue weighted by atomic mass is 9.92. The summed E-state index contributed by atoms with van der Waals surface area (Å²) in [5, 5.41) is 7.64. The van der Waals surface area contributed by atoms with E-state index >= 15 is 0 Å². The van der Waals surface area contributed by atoms with E-state index in [2.05, 4.69) is 34.3 Å². The van der Waals surface area contributed by atoms with Crippen LogP contribution >= 0.6 is 0 Å². The molecule has 2 N–H and O–H groups in total. The monoisotopic (exact) mass is 346 g/mol. The van der Waals surface area contributed by atoms with Gasteiger partial charge >= 0.3 is 5.96 Å². The summed E-state index contributed by atoms with van der Waals surface area (Å²) in [5.41, 5.74) is -0.377. The fourth-order valence-corrected chi connectivity index (χ4v) is 5.71. The highest BCUT2D eigenvalue weighted by Crippen LogP contribution is 2.41. The minimum atomic E-state index is -0.226. The molecular formula is C20H32N3O2+. The summed E-state index contributed by atoms with van der Waals surface area (Å²) in [6, 6.07) is 1.22. The molecule has 0 aromatic carbocycles. The molecule has 2 fully saturated rings.